The Hall–Kier alpha value is -0.180. The van der Waals surface area contributed by atoms with Crippen LogP contribution in [0.1, 0.15) is 40.0 Å². The second-order valence-electron chi connectivity index (χ2n) is 5.67. The molecule has 3 heteroatoms. The van der Waals surface area contributed by atoms with Crippen molar-refractivity contribution in [3.05, 3.63) is 0 Å². The van der Waals surface area contributed by atoms with Gasteiger partial charge in [-0.2, -0.15) is 12.6 Å². The number of amides is 1. The molecule has 0 radical (unpaired) electrons. The molecule has 2 nitrogen and oxygen atoms in total. The topological polar surface area (TPSA) is 29.1 Å². The molecule has 0 bridgehead atoms. The molecule has 0 heterocycles. The van der Waals surface area contributed by atoms with Crippen LogP contribution in [0.2, 0.25) is 0 Å². The predicted octanol–water partition coefficient (Wildman–Crippen LogP) is 2.25. The first-order valence-corrected chi connectivity index (χ1v) is 5.88. The van der Waals surface area contributed by atoms with Gasteiger partial charge in [0.25, 0.3) is 0 Å². The molecule has 0 spiro atoms. The van der Waals surface area contributed by atoms with Crippen molar-refractivity contribution in [3.63, 3.8) is 0 Å². The zero-order valence-corrected chi connectivity index (χ0v) is 10.3. The zero-order chi connectivity index (χ0) is 10.8. The molecule has 1 aliphatic rings. The quantitative estimate of drug-likeness (QED) is 0.692. The number of thiol groups is 1. The smallest absolute Gasteiger partial charge is 0.220 e. The first-order chi connectivity index (χ1) is 6.37. The maximum atomic E-state index is 11.6. The number of rotatable bonds is 4. The van der Waals surface area contributed by atoms with E-state index in [0.717, 1.165) is 12.3 Å². The third-order valence-corrected chi connectivity index (χ3v) is 3.31. The van der Waals surface area contributed by atoms with Gasteiger partial charge >= 0.3 is 0 Å². The summed E-state index contributed by atoms with van der Waals surface area (Å²) in [5.74, 6) is 1.03. The van der Waals surface area contributed by atoms with Crippen LogP contribution >= 0.6 is 12.6 Å². The summed E-state index contributed by atoms with van der Waals surface area (Å²) in [6.07, 6.45) is 2.99. The number of carbonyl (C=O) groups excluding carboxylic acids is 1. The van der Waals surface area contributed by atoms with E-state index in [1.54, 1.807) is 0 Å². The van der Waals surface area contributed by atoms with Crippen molar-refractivity contribution in [1.82, 2.24) is 5.32 Å². The van der Waals surface area contributed by atoms with Gasteiger partial charge in [-0.25, -0.2) is 0 Å². The van der Waals surface area contributed by atoms with Gasteiger partial charge in [0.2, 0.25) is 5.91 Å². The van der Waals surface area contributed by atoms with Gasteiger partial charge in [-0.3, -0.25) is 4.79 Å². The molecule has 0 aromatic carbocycles. The van der Waals surface area contributed by atoms with Crippen molar-refractivity contribution >= 4 is 18.5 Å². The van der Waals surface area contributed by atoms with Crippen LogP contribution in [0.4, 0.5) is 0 Å². The van der Waals surface area contributed by atoms with Gasteiger partial charge in [-0.05, 0) is 29.4 Å². The Balaban J connectivity index is 2.23. The van der Waals surface area contributed by atoms with E-state index in [-0.39, 0.29) is 16.7 Å². The van der Waals surface area contributed by atoms with Crippen LogP contribution in [-0.2, 0) is 4.79 Å². The van der Waals surface area contributed by atoms with Crippen molar-refractivity contribution in [1.29, 1.82) is 0 Å². The van der Waals surface area contributed by atoms with E-state index < -0.39 is 0 Å². The highest BCUT2D eigenvalue weighted by atomic mass is 32.1. The van der Waals surface area contributed by atoms with E-state index in [0.29, 0.717) is 6.42 Å². The summed E-state index contributed by atoms with van der Waals surface area (Å²) in [6, 6.07) is 0. The first kappa shape index (κ1) is 11.9. The molecule has 1 amide bonds. The summed E-state index contributed by atoms with van der Waals surface area (Å²) in [7, 11) is 0. The Labute approximate surface area is 92.2 Å². The average Bonchev–Trinajstić information content (AvgIpc) is 2.81. The minimum absolute atomic E-state index is 0.174. The third-order valence-electron chi connectivity index (χ3n) is 2.64. The van der Waals surface area contributed by atoms with Crippen LogP contribution in [-0.4, -0.2) is 18.2 Å². The van der Waals surface area contributed by atoms with Crippen molar-refractivity contribution in [2.45, 2.75) is 40.0 Å². The standard InChI is InChI=1S/C11H21NOS/c1-10(2,3)7-12-9(13)6-11(8-14)4-5-11/h14H,4-8H2,1-3H3,(H,12,13). The second-order valence-corrected chi connectivity index (χ2v) is 5.99. The minimum atomic E-state index is 0.174. The Morgan fingerprint density at radius 2 is 2.00 bits per heavy atom. The molecule has 1 fully saturated rings. The molecule has 0 aliphatic heterocycles. The van der Waals surface area contributed by atoms with Gasteiger partial charge in [-0.1, -0.05) is 20.8 Å². The summed E-state index contributed by atoms with van der Waals surface area (Å²) in [5.41, 5.74) is 0.415. The van der Waals surface area contributed by atoms with Gasteiger partial charge in [0.05, 0.1) is 0 Å². The molecule has 0 aromatic rings. The Morgan fingerprint density at radius 3 is 2.36 bits per heavy atom. The van der Waals surface area contributed by atoms with Crippen molar-refractivity contribution in [2.24, 2.45) is 10.8 Å². The fourth-order valence-corrected chi connectivity index (χ4v) is 1.76. The zero-order valence-electron chi connectivity index (χ0n) is 9.39. The van der Waals surface area contributed by atoms with E-state index in [2.05, 4.69) is 38.7 Å². The summed E-state index contributed by atoms with van der Waals surface area (Å²) in [5, 5.41) is 2.98. The normalized spacial score (nSPS) is 19.1. The lowest BCUT2D eigenvalue weighted by atomic mass is 9.96. The molecule has 0 unspecified atom stereocenters. The van der Waals surface area contributed by atoms with Crippen LogP contribution in [0.3, 0.4) is 0 Å². The van der Waals surface area contributed by atoms with Crippen molar-refractivity contribution in [2.75, 3.05) is 12.3 Å². The molecule has 1 aliphatic carbocycles. The fraction of sp³-hybridized carbons (Fsp3) is 0.909. The van der Waals surface area contributed by atoms with Gasteiger partial charge in [0.15, 0.2) is 0 Å². The van der Waals surface area contributed by atoms with E-state index in [1.165, 1.54) is 12.8 Å². The summed E-state index contributed by atoms with van der Waals surface area (Å²) in [6.45, 7) is 7.13. The minimum Gasteiger partial charge on any atom is -0.356 e. The number of hydrogen-bond acceptors (Lipinski definition) is 2. The summed E-state index contributed by atoms with van der Waals surface area (Å²) in [4.78, 5) is 11.6. The summed E-state index contributed by atoms with van der Waals surface area (Å²) < 4.78 is 0. The number of nitrogens with one attached hydrogen (secondary N) is 1. The van der Waals surface area contributed by atoms with Crippen LogP contribution in [0.25, 0.3) is 0 Å². The first-order valence-electron chi connectivity index (χ1n) is 5.25. The largest absolute Gasteiger partial charge is 0.356 e. The highest BCUT2D eigenvalue weighted by Gasteiger charge is 2.42. The SMILES string of the molecule is CC(C)(C)CNC(=O)CC1(CS)CC1. The van der Waals surface area contributed by atoms with E-state index in [1.807, 2.05) is 0 Å². The second kappa shape index (κ2) is 4.13. The molecule has 0 aromatic heterocycles. The van der Waals surface area contributed by atoms with E-state index in [4.69, 9.17) is 0 Å². The van der Waals surface area contributed by atoms with E-state index in [9.17, 15) is 4.79 Å². The van der Waals surface area contributed by atoms with Crippen LogP contribution in [0, 0.1) is 10.8 Å². The monoisotopic (exact) mass is 215 g/mol. The molecule has 14 heavy (non-hydrogen) atoms. The Kier molecular flexibility index (Phi) is 3.51. The Morgan fingerprint density at radius 1 is 1.43 bits per heavy atom. The number of carbonyl (C=O) groups is 1. The van der Waals surface area contributed by atoms with Crippen LogP contribution < -0.4 is 5.32 Å². The average molecular weight is 215 g/mol. The van der Waals surface area contributed by atoms with Crippen LogP contribution in [0.5, 0.6) is 0 Å². The lowest BCUT2D eigenvalue weighted by Gasteiger charge is -2.20. The molecular formula is C11H21NOS. The molecule has 1 saturated carbocycles. The lowest BCUT2D eigenvalue weighted by Crippen LogP contribution is -2.33. The van der Waals surface area contributed by atoms with Gasteiger partial charge in [0.1, 0.15) is 0 Å². The predicted molar refractivity (Wildman–Crippen MR) is 62.6 cm³/mol. The van der Waals surface area contributed by atoms with Gasteiger partial charge < -0.3 is 5.32 Å². The lowest BCUT2D eigenvalue weighted by molar-refractivity contribution is -0.122. The van der Waals surface area contributed by atoms with Gasteiger partial charge in [0, 0.05) is 13.0 Å². The molecule has 0 atom stereocenters. The summed E-state index contributed by atoms with van der Waals surface area (Å²) >= 11 is 4.28. The Bertz CT molecular complexity index is 216. The molecule has 1 N–H and O–H groups in total. The molecule has 82 valence electrons. The van der Waals surface area contributed by atoms with Gasteiger partial charge in [-0.15, -0.1) is 0 Å². The number of hydrogen-bond donors (Lipinski definition) is 2. The van der Waals surface area contributed by atoms with E-state index >= 15 is 0 Å². The molecular weight excluding hydrogens is 194 g/mol. The molecule has 0 saturated heterocycles. The highest BCUT2D eigenvalue weighted by Crippen LogP contribution is 2.49. The third kappa shape index (κ3) is 3.91. The van der Waals surface area contributed by atoms with Crippen molar-refractivity contribution in [3.8, 4) is 0 Å². The van der Waals surface area contributed by atoms with Crippen LogP contribution in [0.15, 0.2) is 0 Å². The maximum Gasteiger partial charge on any atom is 0.220 e. The molecule has 1 rings (SSSR count). The van der Waals surface area contributed by atoms with Crippen molar-refractivity contribution < 1.29 is 4.79 Å². The fourth-order valence-electron chi connectivity index (χ4n) is 1.33. The highest BCUT2D eigenvalue weighted by molar-refractivity contribution is 7.80. The maximum absolute atomic E-state index is 11.6.